The second-order valence-corrected chi connectivity index (χ2v) is 7.44. The zero-order valence-electron chi connectivity index (χ0n) is 17.1. The zero-order chi connectivity index (χ0) is 19.8. The number of benzene rings is 2. The molecule has 0 unspecified atom stereocenters. The van der Waals surface area contributed by atoms with Crippen LogP contribution in [-0.4, -0.2) is 36.0 Å². The summed E-state index contributed by atoms with van der Waals surface area (Å²) >= 11 is 0. The van der Waals surface area contributed by atoms with E-state index in [0.29, 0.717) is 24.4 Å². The molecule has 0 aliphatic rings. The van der Waals surface area contributed by atoms with Gasteiger partial charge in [0.05, 0.1) is 0 Å². The predicted octanol–water partition coefficient (Wildman–Crippen LogP) is 4.35. The van der Waals surface area contributed by atoms with Gasteiger partial charge in [-0.15, -0.1) is 0 Å². The van der Waals surface area contributed by atoms with Gasteiger partial charge >= 0.3 is 0 Å². The fraction of sp³-hybridized carbons (Fsp3) is 0.435. The monoisotopic (exact) mass is 368 g/mol. The number of aryl methyl sites for hydroxylation is 1. The molecule has 1 atom stereocenters. The van der Waals surface area contributed by atoms with Crippen LogP contribution in [0.3, 0.4) is 0 Å². The minimum Gasteiger partial charge on any atom is -0.476 e. The lowest BCUT2D eigenvalue weighted by molar-refractivity contribution is -0.128. The molecule has 1 N–H and O–H groups in total. The summed E-state index contributed by atoms with van der Waals surface area (Å²) in [4.78, 5) is 15.3. The molecule has 0 fully saturated rings. The highest BCUT2D eigenvalue weighted by Gasteiger charge is 2.23. The predicted molar refractivity (Wildman–Crippen MR) is 111 cm³/mol. The first-order chi connectivity index (χ1) is 12.9. The maximum atomic E-state index is 12.9. The van der Waals surface area contributed by atoms with Gasteiger partial charge in [0.1, 0.15) is 5.75 Å². The van der Waals surface area contributed by atoms with E-state index in [4.69, 9.17) is 4.74 Å². The lowest BCUT2D eigenvalue weighted by Crippen LogP contribution is -2.43. The van der Waals surface area contributed by atoms with Crippen molar-refractivity contribution in [2.24, 2.45) is 0 Å². The zero-order valence-corrected chi connectivity index (χ0v) is 17.1. The molecule has 0 heterocycles. The largest absolute Gasteiger partial charge is 0.476 e. The van der Waals surface area contributed by atoms with Crippen LogP contribution in [0.2, 0.25) is 0 Å². The van der Waals surface area contributed by atoms with E-state index in [9.17, 15) is 4.79 Å². The summed E-state index contributed by atoms with van der Waals surface area (Å²) in [6, 6.07) is 18.3. The van der Waals surface area contributed by atoms with Gasteiger partial charge in [-0.1, -0.05) is 42.5 Å². The van der Waals surface area contributed by atoms with Crippen molar-refractivity contribution in [3.05, 3.63) is 65.7 Å². The molecular formula is C23H32N2O2. The Morgan fingerprint density at radius 2 is 1.67 bits per heavy atom. The summed E-state index contributed by atoms with van der Waals surface area (Å²) in [5.41, 5.74) is 1.95. The maximum absolute atomic E-state index is 12.9. The van der Waals surface area contributed by atoms with E-state index in [1.54, 1.807) is 0 Å². The fourth-order valence-electron chi connectivity index (χ4n) is 3.24. The van der Waals surface area contributed by atoms with Gasteiger partial charge in [-0.25, -0.2) is 0 Å². The number of carbonyl (C=O) groups excluding carboxylic acids is 1. The summed E-state index contributed by atoms with van der Waals surface area (Å²) in [6.45, 7) is 12.1. The van der Waals surface area contributed by atoms with Gasteiger partial charge in [-0.3, -0.25) is 9.69 Å². The average Bonchev–Trinajstić information content (AvgIpc) is 2.63. The summed E-state index contributed by atoms with van der Waals surface area (Å²) in [7, 11) is 0. The number of amides is 1. The van der Waals surface area contributed by atoms with Gasteiger partial charge in [0.2, 0.25) is 6.10 Å². The van der Waals surface area contributed by atoms with Crippen LogP contribution in [0.1, 0.15) is 44.9 Å². The molecular weight excluding hydrogens is 336 g/mol. The Kier molecular flexibility index (Phi) is 7.86. The summed E-state index contributed by atoms with van der Waals surface area (Å²) < 4.78 is 6.07. The van der Waals surface area contributed by atoms with Crippen molar-refractivity contribution < 1.29 is 9.53 Å². The van der Waals surface area contributed by atoms with Crippen LogP contribution in [-0.2, 0) is 4.79 Å². The number of hydrogen-bond acceptors (Lipinski definition) is 3. The Morgan fingerprint density at radius 3 is 2.26 bits per heavy atom. The third kappa shape index (κ3) is 6.40. The molecule has 0 bridgehead atoms. The van der Waals surface area contributed by atoms with Crippen LogP contribution < -0.4 is 10.1 Å². The molecule has 0 saturated heterocycles. The number of rotatable bonds is 9. The van der Waals surface area contributed by atoms with Gasteiger partial charge in [0, 0.05) is 30.7 Å². The highest BCUT2D eigenvalue weighted by Crippen LogP contribution is 2.23. The third-order valence-corrected chi connectivity index (χ3v) is 4.58. The van der Waals surface area contributed by atoms with Gasteiger partial charge in [-0.2, -0.15) is 0 Å². The highest BCUT2D eigenvalue weighted by atomic mass is 16.5. The normalized spacial score (nSPS) is 12.4. The third-order valence-electron chi connectivity index (χ3n) is 4.58. The lowest BCUT2D eigenvalue weighted by Gasteiger charge is -2.30. The topological polar surface area (TPSA) is 41.6 Å². The van der Waals surface area contributed by atoms with Crippen LogP contribution in [0.4, 0.5) is 0 Å². The Hall–Kier alpha value is -2.33. The molecule has 0 aromatic heterocycles. The molecule has 0 aliphatic carbocycles. The summed E-state index contributed by atoms with van der Waals surface area (Å²) in [6.07, 6.45) is -0.667. The van der Waals surface area contributed by atoms with Gasteiger partial charge in [0.25, 0.3) is 5.91 Å². The summed E-state index contributed by atoms with van der Waals surface area (Å²) in [5, 5.41) is 3.05. The van der Waals surface area contributed by atoms with Gasteiger partial charge < -0.3 is 10.1 Å². The molecule has 27 heavy (non-hydrogen) atoms. The van der Waals surface area contributed by atoms with Crippen molar-refractivity contribution in [2.45, 2.75) is 52.8 Å². The van der Waals surface area contributed by atoms with Gasteiger partial charge in [-0.05, 0) is 52.3 Å². The number of nitrogens with one attached hydrogen (secondary N) is 1. The molecule has 0 radical (unpaired) electrons. The molecule has 1 amide bonds. The van der Waals surface area contributed by atoms with E-state index in [0.717, 1.165) is 17.7 Å². The first-order valence-electron chi connectivity index (χ1n) is 9.70. The molecule has 4 heteroatoms. The van der Waals surface area contributed by atoms with Crippen LogP contribution in [0, 0.1) is 6.92 Å². The van der Waals surface area contributed by atoms with Crippen LogP contribution in [0.25, 0.3) is 0 Å². The average molecular weight is 369 g/mol. The van der Waals surface area contributed by atoms with Gasteiger partial charge in [0.15, 0.2) is 0 Å². The van der Waals surface area contributed by atoms with E-state index in [1.165, 1.54) is 0 Å². The first-order valence-corrected chi connectivity index (χ1v) is 9.70. The maximum Gasteiger partial charge on any atom is 0.265 e. The van der Waals surface area contributed by atoms with E-state index in [2.05, 4.69) is 37.9 Å². The molecule has 4 nitrogen and oxygen atoms in total. The second kappa shape index (κ2) is 10.1. The van der Waals surface area contributed by atoms with Crippen molar-refractivity contribution in [3.8, 4) is 5.75 Å². The van der Waals surface area contributed by atoms with Crippen molar-refractivity contribution in [1.29, 1.82) is 0 Å². The van der Waals surface area contributed by atoms with Crippen molar-refractivity contribution in [2.75, 3.05) is 13.1 Å². The SMILES string of the molecule is Cc1cccc(O[C@@H](C(=O)NCCN(C(C)C)C(C)C)c2ccccc2)c1. The van der Waals surface area contributed by atoms with E-state index >= 15 is 0 Å². The molecule has 2 rings (SSSR count). The molecule has 2 aromatic carbocycles. The van der Waals surface area contributed by atoms with E-state index < -0.39 is 6.10 Å². The smallest absolute Gasteiger partial charge is 0.265 e. The Morgan fingerprint density at radius 1 is 1.00 bits per heavy atom. The number of carbonyl (C=O) groups is 1. The Labute approximate surface area is 163 Å². The Balaban J connectivity index is 2.08. The van der Waals surface area contributed by atoms with Crippen LogP contribution in [0.15, 0.2) is 54.6 Å². The second-order valence-electron chi connectivity index (χ2n) is 7.44. The standard InChI is InChI=1S/C23H32N2O2/c1-17(2)25(18(3)4)15-14-24-23(26)22(20-11-7-6-8-12-20)27-21-13-9-10-19(5)16-21/h6-13,16-18,22H,14-15H2,1-5H3,(H,24,26)/t22-/m1/s1. The molecule has 2 aromatic rings. The molecule has 0 aliphatic heterocycles. The van der Waals surface area contributed by atoms with E-state index in [1.807, 2.05) is 61.5 Å². The first kappa shape index (κ1) is 21.0. The van der Waals surface area contributed by atoms with Crippen molar-refractivity contribution in [1.82, 2.24) is 10.2 Å². The van der Waals surface area contributed by atoms with Crippen molar-refractivity contribution in [3.63, 3.8) is 0 Å². The van der Waals surface area contributed by atoms with E-state index in [-0.39, 0.29) is 5.91 Å². The summed E-state index contributed by atoms with van der Waals surface area (Å²) in [5.74, 6) is 0.583. The number of ether oxygens (including phenoxy) is 1. The minimum absolute atomic E-state index is 0.116. The van der Waals surface area contributed by atoms with Crippen LogP contribution in [0.5, 0.6) is 5.75 Å². The van der Waals surface area contributed by atoms with Crippen molar-refractivity contribution >= 4 is 5.91 Å². The quantitative estimate of drug-likeness (QED) is 0.715. The fourth-order valence-corrected chi connectivity index (χ4v) is 3.24. The Bertz CT molecular complexity index is 705. The molecule has 0 spiro atoms. The lowest BCUT2D eigenvalue weighted by atomic mass is 10.1. The highest BCUT2D eigenvalue weighted by molar-refractivity contribution is 5.82. The number of nitrogens with zero attached hydrogens (tertiary/aromatic N) is 1. The molecule has 0 saturated carbocycles. The van der Waals surface area contributed by atoms with Crippen LogP contribution >= 0.6 is 0 Å². The minimum atomic E-state index is -0.667. The number of hydrogen-bond donors (Lipinski definition) is 1. The molecule has 146 valence electrons.